The summed E-state index contributed by atoms with van der Waals surface area (Å²) >= 11 is 0. The molecule has 0 N–H and O–H groups in total. The summed E-state index contributed by atoms with van der Waals surface area (Å²) in [4.78, 5) is 14.6. The maximum absolute atomic E-state index is 10.8. The van der Waals surface area contributed by atoms with Gasteiger partial charge < -0.3 is 14.5 Å². The van der Waals surface area contributed by atoms with E-state index in [2.05, 4.69) is 11.0 Å². The predicted molar refractivity (Wildman–Crippen MR) is 65.8 cm³/mol. The van der Waals surface area contributed by atoms with Crippen molar-refractivity contribution in [1.29, 1.82) is 0 Å². The standard InChI is InChI=1S/C13H18N2O2/c1-14(2)6-7-17-13-5-3-4-11-8-15(10-16)9-12(11)13/h3-5,10H,6-9H2,1-2H3. The van der Waals surface area contributed by atoms with Crippen LogP contribution in [0.15, 0.2) is 18.2 Å². The van der Waals surface area contributed by atoms with Gasteiger partial charge in [-0.1, -0.05) is 12.1 Å². The van der Waals surface area contributed by atoms with Crippen LogP contribution in [0.2, 0.25) is 0 Å². The van der Waals surface area contributed by atoms with E-state index in [0.29, 0.717) is 19.7 Å². The molecule has 0 radical (unpaired) electrons. The first kappa shape index (κ1) is 11.9. The number of ether oxygens (including phenoxy) is 1. The van der Waals surface area contributed by atoms with Gasteiger partial charge in [0.05, 0.1) is 0 Å². The van der Waals surface area contributed by atoms with Gasteiger partial charge in [0.1, 0.15) is 12.4 Å². The van der Waals surface area contributed by atoms with E-state index in [0.717, 1.165) is 24.3 Å². The summed E-state index contributed by atoms with van der Waals surface area (Å²) in [5.41, 5.74) is 2.35. The second kappa shape index (κ2) is 5.19. The third-order valence-corrected chi connectivity index (χ3v) is 2.91. The number of hydrogen-bond donors (Lipinski definition) is 0. The highest BCUT2D eigenvalue weighted by atomic mass is 16.5. The van der Waals surface area contributed by atoms with Crippen molar-refractivity contribution in [1.82, 2.24) is 9.80 Å². The van der Waals surface area contributed by atoms with E-state index in [4.69, 9.17) is 4.74 Å². The van der Waals surface area contributed by atoms with Crippen LogP contribution in [-0.4, -0.2) is 43.5 Å². The molecule has 0 aliphatic carbocycles. The topological polar surface area (TPSA) is 32.8 Å². The number of carbonyl (C=O) groups is 1. The van der Waals surface area contributed by atoms with Gasteiger partial charge in [-0.3, -0.25) is 4.79 Å². The molecule has 2 rings (SSSR count). The minimum absolute atomic E-state index is 0.664. The Hall–Kier alpha value is -1.55. The second-order valence-electron chi connectivity index (χ2n) is 4.56. The van der Waals surface area contributed by atoms with Crippen molar-refractivity contribution in [3.05, 3.63) is 29.3 Å². The maximum atomic E-state index is 10.8. The lowest BCUT2D eigenvalue weighted by atomic mass is 10.1. The van der Waals surface area contributed by atoms with E-state index < -0.39 is 0 Å². The van der Waals surface area contributed by atoms with Gasteiger partial charge >= 0.3 is 0 Å². The molecule has 1 heterocycles. The summed E-state index contributed by atoms with van der Waals surface area (Å²) in [5, 5.41) is 0. The first-order valence-electron chi connectivity index (χ1n) is 5.78. The Kier molecular flexibility index (Phi) is 3.64. The van der Waals surface area contributed by atoms with Crippen molar-refractivity contribution >= 4 is 6.41 Å². The normalized spacial score (nSPS) is 13.9. The molecule has 0 bridgehead atoms. The number of carbonyl (C=O) groups excluding carboxylic acids is 1. The molecule has 0 unspecified atom stereocenters. The fourth-order valence-electron chi connectivity index (χ4n) is 1.96. The predicted octanol–water partition coefficient (Wildman–Crippen LogP) is 1.10. The van der Waals surface area contributed by atoms with E-state index in [9.17, 15) is 4.79 Å². The molecule has 92 valence electrons. The molecule has 0 saturated heterocycles. The smallest absolute Gasteiger partial charge is 0.210 e. The van der Waals surface area contributed by atoms with Crippen molar-refractivity contribution in [2.45, 2.75) is 13.1 Å². The SMILES string of the molecule is CN(C)CCOc1cccc2c1CN(C=O)C2. The van der Waals surface area contributed by atoms with Gasteiger partial charge in [-0.25, -0.2) is 0 Å². The van der Waals surface area contributed by atoms with E-state index >= 15 is 0 Å². The van der Waals surface area contributed by atoms with Crippen LogP contribution in [0, 0.1) is 0 Å². The molecule has 0 atom stereocenters. The Morgan fingerprint density at radius 1 is 1.41 bits per heavy atom. The highest BCUT2D eigenvalue weighted by molar-refractivity contribution is 5.53. The number of benzene rings is 1. The molecule has 0 spiro atoms. The van der Waals surface area contributed by atoms with Crippen LogP contribution in [0.5, 0.6) is 5.75 Å². The fourth-order valence-corrected chi connectivity index (χ4v) is 1.96. The first-order chi connectivity index (χ1) is 8.20. The van der Waals surface area contributed by atoms with Gasteiger partial charge in [-0.05, 0) is 25.7 Å². The first-order valence-corrected chi connectivity index (χ1v) is 5.78. The molecular weight excluding hydrogens is 216 g/mol. The van der Waals surface area contributed by atoms with Crippen molar-refractivity contribution in [3.8, 4) is 5.75 Å². The summed E-state index contributed by atoms with van der Waals surface area (Å²) in [6, 6.07) is 6.01. The lowest BCUT2D eigenvalue weighted by Gasteiger charge is -2.13. The van der Waals surface area contributed by atoms with E-state index in [-0.39, 0.29) is 0 Å². The molecule has 0 fully saturated rings. The lowest BCUT2D eigenvalue weighted by Crippen LogP contribution is -2.19. The van der Waals surface area contributed by atoms with Crippen LogP contribution < -0.4 is 4.74 Å². The van der Waals surface area contributed by atoms with Gasteiger partial charge in [-0.15, -0.1) is 0 Å². The largest absolute Gasteiger partial charge is 0.492 e. The minimum atomic E-state index is 0.664. The van der Waals surface area contributed by atoms with Crippen LogP contribution in [0.3, 0.4) is 0 Å². The third-order valence-electron chi connectivity index (χ3n) is 2.91. The second-order valence-corrected chi connectivity index (χ2v) is 4.56. The molecule has 17 heavy (non-hydrogen) atoms. The number of likely N-dealkylation sites (N-methyl/N-ethyl adjacent to an activating group) is 1. The Morgan fingerprint density at radius 3 is 2.94 bits per heavy atom. The van der Waals surface area contributed by atoms with E-state index in [1.54, 1.807) is 4.90 Å². The highest BCUT2D eigenvalue weighted by Crippen LogP contribution is 2.29. The molecule has 4 heteroatoms. The van der Waals surface area contributed by atoms with Gasteiger partial charge in [0.25, 0.3) is 0 Å². The van der Waals surface area contributed by atoms with Crippen LogP contribution in [0.25, 0.3) is 0 Å². The number of nitrogens with zero attached hydrogens (tertiary/aromatic N) is 2. The van der Waals surface area contributed by atoms with Crippen LogP contribution in [-0.2, 0) is 17.9 Å². The molecule has 1 aromatic carbocycles. The third kappa shape index (κ3) is 2.77. The van der Waals surface area contributed by atoms with Crippen molar-refractivity contribution in [3.63, 3.8) is 0 Å². The van der Waals surface area contributed by atoms with Crippen molar-refractivity contribution in [2.24, 2.45) is 0 Å². The van der Waals surface area contributed by atoms with Crippen LogP contribution in [0.1, 0.15) is 11.1 Å². The average Bonchev–Trinajstić information content (AvgIpc) is 2.72. The number of amides is 1. The quantitative estimate of drug-likeness (QED) is 0.715. The summed E-state index contributed by atoms with van der Waals surface area (Å²) in [6.45, 7) is 2.92. The van der Waals surface area contributed by atoms with Crippen molar-refractivity contribution in [2.75, 3.05) is 27.2 Å². The fraction of sp³-hybridized carbons (Fsp3) is 0.462. The van der Waals surface area contributed by atoms with Crippen LogP contribution in [0.4, 0.5) is 0 Å². The number of rotatable bonds is 5. The molecule has 0 saturated carbocycles. The zero-order valence-electron chi connectivity index (χ0n) is 10.3. The van der Waals surface area contributed by atoms with E-state index in [1.807, 2.05) is 26.2 Å². The zero-order valence-corrected chi connectivity index (χ0v) is 10.3. The summed E-state index contributed by atoms with van der Waals surface area (Å²) < 4.78 is 5.77. The Morgan fingerprint density at radius 2 is 2.24 bits per heavy atom. The zero-order chi connectivity index (χ0) is 12.3. The van der Waals surface area contributed by atoms with Gasteiger partial charge in [0.15, 0.2) is 0 Å². The van der Waals surface area contributed by atoms with Crippen LogP contribution >= 0.6 is 0 Å². The minimum Gasteiger partial charge on any atom is -0.492 e. The van der Waals surface area contributed by atoms with Gasteiger partial charge in [-0.2, -0.15) is 0 Å². The highest BCUT2D eigenvalue weighted by Gasteiger charge is 2.20. The summed E-state index contributed by atoms with van der Waals surface area (Å²) in [5.74, 6) is 0.911. The molecule has 1 aliphatic rings. The molecular formula is C13H18N2O2. The molecule has 4 nitrogen and oxygen atoms in total. The average molecular weight is 234 g/mol. The molecule has 0 aromatic heterocycles. The molecule has 1 aliphatic heterocycles. The number of fused-ring (bicyclic) bond motifs is 1. The Labute approximate surface area is 102 Å². The Bertz CT molecular complexity index is 404. The summed E-state index contributed by atoms with van der Waals surface area (Å²) in [6.07, 6.45) is 0.892. The lowest BCUT2D eigenvalue weighted by molar-refractivity contribution is -0.118. The number of hydrogen-bond acceptors (Lipinski definition) is 3. The molecule has 1 amide bonds. The van der Waals surface area contributed by atoms with Crippen molar-refractivity contribution < 1.29 is 9.53 Å². The maximum Gasteiger partial charge on any atom is 0.210 e. The van der Waals surface area contributed by atoms with Gasteiger partial charge in [0, 0.05) is 25.2 Å². The Balaban J connectivity index is 2.05. The van der Waals surface area contributed by atoms with E-state index in [1.165, 1.54) is 5.56 Å². The summed E-state index contributed by atoms with van der Waals surface area (Å²) in [7, 11) is 4.04. The monoisotopic (exact) mass is 234 g/mol. The van der Waals surface area contributed by atoms with Gasteiger partial charge in [0.2, 0.25) is 6.41 Å². The molecule has 1 aromatic rings.